The van der Waals surface area contributed by atoms with Gasteiger partial charge in [0.25, 0.3) is 0 Å². The second-order valence-electron chi connectivity index (χ2n) is 3.98. The van der Waals surface area contributed by atoms with Gasteiger partial charge >= 0.3 is 0 Å². The van der Waals surface area contributed by atoms with Crippen molar-refractivity contribution in [2.24, 2.45) is 0 Å². The van der Waals surface area contributed by atoms with Crippen molar-refractivity contribution in [3.05, 3.63) is 33.8 Å². The van der Waals surface area contributed by atoms with Crippen molar-refractivity contribution in [2.45, 2.75) is 25.8 Å². The summed E-state index contributed by atoms with van der Waals surface area (Å²) < 4.78 is 6.25. The van der Waals surface area contributed by atoms with Crippen molar-refractivity contribution in [2.75, 3.05) is 20.8 Å². The zero-order chi connectivity index (χ0) is 12.0. The number of rotatable bonds is 6. The van der Waals surface area contributed by atoms with E-state index in [1.165, 1.54) is 15.6 Å². The molecule has 0 radical (unpaired) electrons. The number of ether oxygens (including phenoxy) is 1. The fourth-order valence-electron chi connectivity index (χ4n) is 1.79. The van der Waals surface area contributed by atoms with E-state index in [1.54, 1.807) is 7.11 Å². The average molecular weight is 286 g/mol. The van der Waals surface area contributed by atoms with Crippen LogP contribution in [0.5, 0.6) is 0 Å². The minimum absolute atomic E-state index is 0.418. The van der Waals surface area contributed by atoms with Gasteiger partial charge in [-0.15, -0.1) is 0 Å². The van der Waals surface area contributed by atoms with Crippen molar-refractivity contribution in [1.82, 2.24) is 5.32 Å². The summed E-state index contributed by atoms with van der Waals surface area (Å²) in [5, 5.41) is 3.35. The predicted molar refractivity (Wildman–Crippen MR) is 71.8 cm³/mol. The third-order valence-electron chi connectivity index (χ3n) is 2.77. The molecule has 0 amide bonds. The molecule has 0 saturated carbocycles. The molecule has 1 atom stereocenters. The Morgan fingerprint density at radius 1 is 1.44 bits per heavy atom. The Morgan fingerprint density at radius 2 is 2.19 bits per heavy atom. The Morgan fingerprint density at radius 3 is 2.75 bits per heavy atom. The van der Waals surface area contributed by atoms with E-state index < -0.39 is 0 Å². The smallest absolute Gasteiger partial charge is 0.0462 e. The molecule has 2 nitrogen and oxygen atoms in total. The Labute approximate surface area is 107 Å². The molecule has 1 aromatic carbocycles. The third kappa shape index (κ3) is 3.89. The lowest BCUT2D eigenvalue weighted by atomic mass is 10.0. The monoisotopic (exact) mass is 285 g/mol. The lowest BCUT2D eigenvalue weighted by Gasteiger charge is -2.17. The molecule has 0 aliphatic heterocycles. The van der Waals surface area contributed by atoms with Crippen LogP contribution in [0.2, 0.25) is 0 Å². The number of methoxy groups -OCH3 is 1. The maximum absolute atomic E-state index is 5.08. The van der Waals surface area contributed by atoms with E-state index in [9.17, 15) is 0 Å². The molecule has 90 valence electrons. The van der Waals surface area contributed by atoms with E-state index in [0.717, 1.165) is 19.4 Å². The zero-order valence-electron chi connectivity index (χ0n) is 10.2. The SMILES string of the molecule is CNC(CCCOC)c1ccc(Br)c(C)c1. The molecule has 3 heteroatoms. The van der Waals surface area contributed by atoms with Crippen molar-refractivity contribution in [3.8, 4) is 0 Å². The van der Waals surface area contributed by atoms with Crippen LogP contribution in [0.3, 0.4) is 0 Å². The summed E-state index contributed by atoms with van der Waals surface area (Å²) in [5.41, 5.74) is 2.63. The van der Waals surface area contributed by atoms with Gasteiger partial charge in [-0.25, -0.2) is 0 Å². The summed E-state index contributed by atoms with van der Waals surface area (Å²) in [5.74, 6) is 0. The number of nitrogens with one attached hydrogen (secondary N) is 1. The standard InChI is InChI=1S/C13H20BrNO/c1-10-9-11(6-7-12(10)14)13(15-2)5-4-8-16-3/h6-7,9,13,15H,4-5,8H2,1-3H3. The first-order chi connectivity index (χ1) is 7.69. The highest BCUT2D eigenvalue weighted by Gasteiger charge is 2.09. The molecule has 1 unspecified atom stereocenters. The molecular weight excluding hydrogens is 266 g/mol. The second kappa shape index (κ2) is 7.05. The van der Waals surface area contributed by atoms with Crippen LogP contribution in [0.4, 0.5) is 0 Å². The van der Waals surface area contributed by atoms with Crippen LogP contribution in [0.1, 0.15) is 30.0 Å². The van der Waals surface area contributed by atoms with Crippen LogP contribution in [0, 0.1) is 6.92 Å². The Balaban J connectivity index is 2.67. The zero-order valence-corrected chi connectivity index (χ0v) is 11.8. The number of halogens is 1. The Kier molecular flexibility index (Phi) is 6.03. The molecule has 1 N–H and O–H groups in total. The molecule has 0 aliphatic rings. The van der Waals surface area contributed by atoms with Gasteiger partial charge in [-0.05, 0) is 44.0 Å². The van der Waals surface area contributed by atoms with Gasteiger partial charge in [0.1, 0.15) is 0 Å². The molecule has 0 heterocycles. The lowest BCUT2D eigenvalue weighted by Crippen LogP contribution is -2.17. The van der Waals surface area contributed by atoms with Crippen LogP contribution in [-0.2, 0) is 4.74 Å². The van der Waals surface area contributed by atoms with Crippen LogP contribution < -0.4 is 5.32 Å². The first-order valence-corrected chi connectivity index (χ1v) is 6.40. The molecule has 0 fully saturated rings. The molecule has 0 aromatic heterocycles. The van der Waals surface area contributed by atoms with Gasteiger partial charge in [0.05, 0.1) is 0 Å². The van der Waals surface area contributed by atoms with Crippen molar-refractivity contribution < 1.29 is 4.74 Å². The van der Waals surface area contributed by atoms with Gasteiger partial charge in [0, 0.05) is 24.2 Å². The van der Waals surface area contributed by atoms with Crippen LogP contribution in [0.15, 0.2) is 22.7 Å². The first kappa shape index (κ1) is 13.7. The molecule has 0 bridgehead atoms. The van der Waals surface area contributed by atoms with Gasteiger partial charge in [-0.1, -0.05) is 28.1 Å². The van der Waals surface area contributed by atoms with E-state index in [0.29, 0.717) is 6.04 Å². The highest BCUT2D eigenvalue weighted by molar-refractivity contribution is 9.10. The van der Waals surface area contributed by atoms with Gasteiger partial charge in [0.15, 0.2) is 0 Å². The fourth-order valence-corrected chi connectivity index (χ4v) is 2.04. The molecule has 0 saturated heterocycles. The minimum atomic E-state index is 0.418. The molecule has 16 heavy (non-hydrogen) atoms. The number of hydrogen-bond donors (Lipinski definition) is 1. The van der Waals surface area contributed by atoms with Crippen LogP contribution >= 0.6 is 15.9 Å². The highest BCUT2D eigenvalue weighted by Crippen LogP contribution is 2.23. The highest BCUT2D eigenvalue weighted by atomic mass is 79.9. The number of benzene rings is 1. The van der Waals surface area contributed by atoms with Crippen molar-refractivity contribution >= 4 is 15.9 Å². The van der Waals surface area contributed by atoms with Gasteiger partial charge in [-0.3, -0.25) is 0 Å². The number of aryl methyl sites for hydroxylation is 1. The van der Waals surface area contributed by atoms with E-state index in [4.69, 9.17) is 4.74 Å². The topological polar surface area (TPSA) is 21.3 Å². The van der Waals surface area contributed by atoms with Gasteiger partial charge in [0.2, 0.25) is 0 Å². The first-order valence-electron chi connectivity index (χ1n) is 5.61. The predicted octanol–water partition coefficient (Wildman–Crippen LogP) is 3.44. The second-order valence-corrected chi connectivity index (χ2v) is 4.84. The molecular formula is C13H20BrNO. The molecule has 1 aromatic rings. The Hall–Kier alpha value is -0.380. The van der Waals surface area contributed by atoms with Gasteiger partial charge in [-0.2, -0.15) is 0 Å². The van der Waals surface area contributed by atoms with Crippen LogP contribution in [0.25, 0.3) is 0 Å². The third-order valence-corrected chi connectivity index (χ3v) is 3.66. The number of hydrogen-bond acceptors (Lipinski definition) is 2. The van der Waals surface area contributed by atoms with E-state index in [1.807, 2.05) is 7.05 Å². The maximum atomic E-state index is 5.08. The summed E-state index contributed by atoms with van der Waals surface area (Å²) in [7, 11) is 3.76. The van der Waals surface area contributed by atoms with E-state index in [-0.39, 0.29) is 0 Å². The lowest BCUT2D eigenvalue weighted by molar-refractivity contribution is 0.189. The van der Waals surface area contributed by atoms with E-state index in [2.05, 4.69) is 46.4 Å². The van der Waals surface area contributed by atoms with Crippen molar-refractivity contribution in [1.29, 1.82) is 0 Å². The molecule has 1 rings (SSSR count). The summed E-state index contributed by atoms with van der Waals surface area (Å²) in [6.07, 6.45) is 2.18. The largest absolute Gasteiger partial charge is 0.385 e. The minimum Gasteiger partial charge on any atom is -0.385 e. The Bertz CT molecular complexity index is 328. The molecule has 0 spiro atoms. The van der Waals surface area contributed by atoms with Crippen molar-refractivity contribution in [3.63, 3.8) is 0 Å². The summed E-state index contributed by atoms with van der Waals surface area (Å²) >= 11 is 3.52. The average Bonchev–Trinajstić information content (AvgIpc) is 2.29. The maximum Gasteiger partial charge on any atom is 0.0462 e. The van der Waals surface area contributed by atoms with Gasteiger partial charge < -0.3 is 10.1 Å². The van der Waals surface area contributed by atoms with E-state index >= 15 is 0 Å². The quantitative estimate of drug-likeness (QED) is 0.809. The van der Waals surface area contributed by atoms with Crippen LogP contribution in [-0.4, -0.2) is 20.8 Å². The summed E-state index contributed by atoms with van der Waals surface area (Å²) in [6.45, 7) is 2.95. The fraction of sp³-hybridized carbons (Fsp3) is 0.538. The molecule has 0 aliphatic carbocycles. The summed E-state index contributed by atoms with van der Waals surface area (Å²) in [6, 6.07) is 6.94. The normalized spacial score (nSPS) is 12.8. The summed E-state index contributed by atoms with van der Waals surface area (Å²) in [4.78, 5) is 0.